The molecular weight excluding hydrogens is 262 g/mol. The van der Waals surface area contributed by atoms with Crippen molar-refractivity contribution >= 4 is 12.1 Å². The lowest BCUT2D eigenvalue weighted by Gasteiger charge is -2.19. The standard InChI is InChI=1S/C14H19NO5/c1-14(2,3)20-13(18)15-8-9-5-10(12(16)17)7-11(6-9)19-4/h5-7H,8H2,1-4H3,(H,15,18)(H,16,17). The number of aromatic carboxylic acids is 1. The zero-order valence-corrected chi connectivity index (χ0v) is 12.0. The monoisotopic (exact) mass is 281 g/mol. The number of methoxy groups -OCH3 is 1. The minimum Gasteiger partial charge on any atom is -0.497 e. The highest BCUT2D eigenvalue weighted by atomic mass is 16.6. The van der Waals surface area contributed by atoms with Crippen LogP contribution in [0.2, 0.25) is 0 Å². The van der Waals surface area contributed by atoms with Crippen LogP contribution < -0.4 is 10.1 Å². The van der Waals surface area contributed by atoms with Crippen molar-refractivity contribution in [3.63, 3.8) is 0 Å². The molecule has 0 saturated heterocycles. The predicted molar refractivity (Wildman–Crippen MR) is 73.0 cm³/mol. The predicted octanol–water partition coefficient (Wildman–Crippen LogP) is 2.42. The number of ether oxygens (including phenoxy) is 2. The molecule has 1 aromatic carbocycles. The Kier molecular flexibility index (Phi) is 4.96. The number of rotatable bonds is 4. The molecule has 0 aromatic heterocycles. The van der Waals surface area contributed by atoms with Gasteiger partial charge in [-0.25, -0.2) is 9.59 Å². The topological polar surface area (TPSA) is 84.9 Å². The molecule has 110 valence electrons. The van der Waals surface area contributed by atoms with Crippen LogP contribution in [-0.4, -0.2) is 29.9 Å². The van der Waals surface area contributed by atoms with Gasteiger partial charge in [-0.1, -0.05) is 0 Å². The van der Waals surface area contributed by atoms with E-state index >= 15 is 0 Å². The van der Waals surface area contributed by atoms with Gasteiger partial charge in [0, 0.05) is 6.54 Å². The maximum Gasteiger partial charge on any atom is 0.407 e. The number of carboxylic acid groups (broad SMARTS) is 1. The zero-order valence-electron chi connectivity index (χ0n) is 12.0. The summed E-state index contributed by atoms with van der Waals surface area (Å²) in [6, 6.07) is 4.55. The van der Waals surface area contributed by atoms with E-state index in [0.717, 1.165) is 0 Å². The largest absolute Gasteiger partial charge is 0.497 e. The number of nitrogens with one attached hydrogen (secondary N) is 1. The molecule has 0 radical (unpaired) electrons. The average Bonchev–Trinajstić information content (AvgIpc) is 2.33. The molecule has 0 unspecified atom stereocenters. The van der Waals surface area contributed by atoms with Gasteiger partial charge in [0.1, 0.15) is 11.4 Å². The highest BCUT2D eigenvalue weighted by Gasteiger charge is 2.16. The Morgan fingerprint density at radius 1 is 1.25 bits per heavy atom. The summed E-state index contributed by atoms with van der Waals surface area (Å²) in [6.07, 6.45) is -0.558. The number of carboxylic acids is 1. The molecule has 0 aliphatic carbocycles. The molecule has 0 aliphatic rings. The maximum atomic E-state index is 11.5. The molecule has 2 N–H and O–H groups in total. The quantitative estimate of drug-likeness (QED) is 0.885. The number of amides is 1. The smallest absolute Gasteiger partial charge is 0.407 e. The third-order valence-electron chi connectivity index (χ3n) is 2.28. The molecule has 6 nitrogen and oxygen atoms in total. The Labute approximate surface area is 117 Å². The van der Waals surface area contributed by atoms with Gasteiger partial charge in [0.2, 0.25) is 0 Å². The Morgan fingerprint density at radius 2 is 1.90 bits per heavy atom. The molecule has 1 amide bonds. The maximum absolute atomic E-state index is 11.5. The van der Waals surface area contributed by atoms with E-state index in [4.69, 9.17) is 14.6 Å². The van der Waals surface area contributed by atoms with Gasteiger partial charge in [-0.15, -0.1) is 0 Å². The van der Waals surface area contributed by atoms with E-state index in [1.54, 1.807) is 26.8 Å². The summed E-state index contributed by atoms with van der Waals surface area (Å²) in [5.41, 5.74) is 0.142. The van der Waals surface area contributed by atoms with E-state index in [0.29, 0.717) is 11.3 Å². The van der Waals surface area contributed by atoms with Crippen LogP contribution >= 0.6 is 0 Å². The second-order valence-corrected chi connectivity index (χ2v) is 5.23. The van der Waals surface area contributed by atoms with Gasteiger partial charge < -0.3 is 19.9 Å². The molecule has 20 heavy (non-hydrogen) atoms. The summed E-state index contributed by atoms with van der Waals surface area (Å²) in [7, 11) is 1.45. The van der Waals surface area contributed by atoms with Crippen LogP contribution in [0.4, 0.5) is 4.79 Å². The van der Waals surface area contributed by atoms with Crippen LogP contribution in [0.15, 0.2) is 18.2 Å². The van der Waals surface area contributed by atoms with Crippen LogP contribution in [0.5, 0.6) is 5.75 Å². The van der Waals surface area contributed by atoms with Crippen molar-refractivity contribution in [2.24, 2.45) is 0 Å². The first-order valence-corrected chi connectivity index (χ1v) is 6.09. The number of carbonyl (C=O) groups excluding carboxylic acids is 1. The zero-order chi connectivity index (χ0) is 15.3. The van der Waals surface area contributed by atoms with E-state index in [1.165, 1.54) is 19.2 Å². The molecule has 0 heterocycles. The first kappa shape index (κ1) is 15.8. The number of alkyl carbamates (subject to hydrolysis) is 1. The number of hydrogen-bond acceptors (Lipinski definition) is 4. The number of hydrogen-bond donors (Lipinski definition) is 2. The first-order chi connectivity index (χ1) is 9.21. The van der Waals surface area contributed by atoms with Gasteiger partial charge in [0.15, 0.2) is 0 Å². The molecule has 1 rings (SSSR count). The van der Waals surface area contributed by atoms with Crippen molar-refractivity contribution in [2.45, 2.75) is 32.9 Å². The summed E-state index contributed by atoms with van der Waals surface area (Å²) in [5, 5.41) is 11.6. The molecule has 0 fully saturated rings. The second kappa shape index (κ2) is 6.27. The van der Waals surface area contributed by atoms with Gasteiger partial charge in [0.05, 0.1) is 12.7 Å². The van der Waals surface area contributed by atoms with E-state index in [1.807, 2.05) is 0 Å². The Hall–Kier alpha value is -2.24. The fourth-order valence-corrected chi connectivity index (χ4v) is 1.49. The van der Waals surface area contributed by atoms with Gasteiger partial charge >= 0.3 is 12.1 Å². The van der Waals surface area contributed by atoms with Gasteiger partial charge in [-0.05, 0) is 44.5 Å². The number of carbonyl (C=O) groups is 2. The van der Waals surface area contributed by atoms with Crippen molar-refractivity contribution in [1.82, 2.24) is 5.32 Å². The Bertz CT molecular complexity index is 505. The van der Waals surface area contributed by atoms with Crippen molar-refractivity contribution in [3.05, 3.63) is 29.3 Å². The van der Waals surface area contributed by atoms with Crippen LogP contribution in [0.25, 0.3) is 0 Å². The highest BCUT2D eigenvalue weighted by Crippen LogP contribution is 2.17. The van der Waals surface area contributed by atoms with E-state index in [2.05, 4.69) is 5.32 Å². The van der Waals surface area contributed by atoms with Crippen LogP contribution in [0.3, 0.4) is 0 Å². The third kappa shape index (κ3) is 5.17. The van der Waals surface area contributed by atoms with Crippen molar-refractivity contribution in [1.29, 1.82) is 0 Å². The summed E-state index contributed by atoms with van der Waals surface area (Å²) < 4.78 is 10.1. The second-order valence-electron chi connectivity index (χ2n) is 5.23. The van der Waals surface area contributed by atoms with Crippen molar-refractivity contribution in [3.8, 4) is 5.75 Å². The van der Waals surface area contributed by atoms with Crippen LogP contribution in [-0.2, 0) is 11.3 Å². The Morgan fingerprint density at radius 3 is 2.40 bits per heavy atom. The summed E-state index contributed by atoms with van der Waals surface area (Å²) in [4.78, 5) is 22.5. The SMILES string of the molecule is COc1cc(CNC(=O)OC(C)(C)C)cc(C(=O)O)c1. The third-order valence-corrected chi connectivity index (χ3v) is 2.28. The van der Waals surface area contributed by atoms with Gasteiger partial charge in [-0.3, -0.25) is 0 Å². The lowest BCUT2D eigenvalue weighted by molar-refractivity contribution is 0.0523. The molecular formula is C14H19NO5. The molecule has 0 atom stereocenters. The van der Waals surface area contributed by atoms with E-state index < -0.39 is 17.7 Å². The average molecular weight is 281 g/mol. The molecule has 0 saturated carbocycles. The highest BCUT2D eigenvalue weighted by molar-refractivity contribution is 5.88. The minimum absolute atomic E-state index is 0.102. The van der Waals surface area contributed by atoms with Gasteiger partial charge in [-0.2, -0.15) is 0 Å². The lowest BCUT2D eigenvalue weighted by atomic mass is 10.1. The molecule has 0 spiro atoms. The van der Waals surface area contributed by atoms with Gasteiger partial charge in [0.25, 0.3) is 0 Å². The van der Waals surface area contributed by atoms with Crippen LogP contribution in [0, 0.1) is 0 Å². The van der Waals surface area contributed by atoms with E-state index in [9.17, 15) is 9.59 Å². The molecule has 1 aromatic rings. The molecule has 0 bridgehead atoms. The van der Waals surface area contributed by atoms with E-state index in [-0.39, 0.29) is 12.1 Å². The summed E-state index contributed by atoms with van der Waals surface area (Å²) >= 11 is 0. The van der Waals surface area contributed by atoms with Crippen molar-refractivity contribution < 1.29 is 24.2 Å². The molecule has 0 aliphatic heterocycles. The fourth-order valence-electron chi connectivity index (χ4n) is 1.49. The van der Waals surface area contributed by atoms with Crippen LogP contribution in [0.1, 0.15) is 36.7 Å². The fraction of sp³-hybridized carbons (Fsp3) is 0.429. The number of benzene rings is 1. The minimum atomic E-state index is -1.05. The Balaban J connectivity index is 2.75. The first-order valence-electron chi connectivity index (χ1n) is 6.09. The summed E-state index contributed by atoms with van der Waals surface area (Å²) in [6.45, 7) is 5.45. The lowest BCUT2D eigenvalue weighted by Crippen LogP contribution is -2.32. The van der Waals surface area contributed by atoms with Crippen molar-refractivity contribution in [2.75, 3.05) is 7.11 Å². The normalized spacial score (nSPS) is 10.8. The molecule has 6 heteroatoms. The summed E-state index contributed by atoms with van der Waals surface area (Å²) in [5.74, 6) is -0.631.